The zero-order valence-corrected chi connectivity index (χ0v) is 14.3. The van der Waals surface area contributed by atoms with E-state index in [9.17, 15) is 18.0 Å². The number of alkyl halides is 2. The van der Waals surface area contributed by atoms with E-state index < -0.39 is 24.9 Å². The summed E-state index contributed by atoms with van der Waals surface area (Å²) in [5.74, 6) is -0.0666. The Hall–Kier alpha value is -2.97. The number of benzene rings is 1. The minimum atomic E-state index is -2.64. The number of nitrogens with one attached hydrogen (secondary N) is 1. The van der Waals surface area contributed by atoms with Crippen LogP contribution >= 0.6 is 0 Å². The summed E-state index contributed by atoms with van der Waals surface area (Å²) < 4.78 is 48.5. The van der Waals surface area contributed by atoms with Crippen LogP contribution in [0, 0.1) is 5.82 Å². The van der Waals surface area contributed by atoms with Crippen LogP contribution in [0.3, 0.4) is 0 Å². The van der Waals surface area contributed by atoms with Crippen molar-refractivity contribution in [3.63, 3.8) is 0 Å². The lowest BCUT2D eigenvalue weighted by Gasteiger charge is -2.19. The lowest BCUT2D eigenvalue weighted by atomic mass is 10.3. The molecular weight excluding hydrogens is 363 g/mol. The normalized spacial score (nSPS) is 16.4. The number of amides is 2. The van der Waals surface area contributed by atoms with E-state index in [2.05, 4.69) is 10.3 Å². The topological polar surface area (TPSA) is 63.7 Å². The maximum Gasteiger partial charge on any atom is 0.322 e. The molecule has 2 aromatic rings. The van der Waals surface area contributed by atoms with Gasteiger partial charge in [0.15, 0.2) is 6.61 Å². The van der Waals surface area contributed by atoms with Crippen LogP contribution in [-0.4, -0.2) is 48.1 Å². The van der Waals surface area contributed by atoms with Crippen molar-refractivity contribution in [1.82, 2.24) is 9.88 Å². The lowest BCUT2D eigenvalue weighted by molar-refractivity contribution is 0.0800. The second-order valence-corrected chi connectivity index (χ2v) is 5.92. The number of carbonyl (C=O) groups excluding carboxylic acids is 1. The molecule has 1 fully saturated rings. The van der Waals surface area contributed by atoms with Crippen molar-refractivity contribution >= 4 is 11.7 Å². The van der Waals surface area contributed by atoms with Crippen molar-refractivity contribution in [2.24, 2.45) is 0 Å². The van der Waals surface area contributed by atoms with Crippen LogP contribution < -0.4 is 14.8 Å². The quantitative estimate of drug-likeness (QED) is 0.831. The van der Waals surface area contributed by atoms with Gasteiger partial charge in [0.05, 0.1) is 6.54 Å². The van der Waals surface area contributed by atoms with Gasteiger partial charge in [-0.1, -0.05) is 6.07 Å². The number of anilines is 1. The van der Waals surface area contributed by atoms with Gasteiger partial charge in [-0.3, -0.25) is 0 Å². The molecule has 144 valence electrons. The molecule has 1 aromatic carbocycles. The minimum Gasteiger partial charge on any atom is -0.488 e. The Morgan fingerprint density at radius 1 is 1.33 bits per heavy atom. The zero-order valence-electron chi connectivity index (χ0n) is 14.3. The molecule has 0 spiro atoms. The maximum atomic E-state index is 13.2. The molecule has 1 aliphatic heterocycles. The van der Waals surface area contributed by atoms with Gasteiger partial charge in [0.2, 0.25) is 5.88 Å². The van der Waals surface area contributed by atoms with Gasteiger partial charge in [0, 0.05) is 25.2 Å². The molecule has 1 atom stereocenters. The largest absolute Gasteiger partial charge is 0.488 e. The van der Waals surface area contributed by atoms with Crippen molar-refractivity contribution in [3.05, 3.63) is 48.4 Å². The molecule has 1 unspecified atom stereocenters. The molecule has 1 aliphatic rings. The number of urea groups is 1. The fourth-order valence-corrected chi connectivity index (χ4v) is 2.68. The third-order valence-electron chi connectivity index (χ3n) is 3.89. The molecule has 1 aromatic heterocycles. The first-order chi connectivity index (χ1) is 13.0. The fourth-order valence-electron chi connectivity index (χ4n) is 2.68. The third kappa shape index (κ3) is 5.25. The Labute approximate surface area is 153 Å². The summed E-state index contributed by atoms with van der Waals surface area (Å²) >= 11 is 0. The van der Waals surface area contributed by atoms with Crippen molar-refractivity contribution < 1.29 is 27.4 Å². The monoisotopic (exact) mass is 381 g/mol. The Morgan fingerprint density at radius 3 is 2.96 bits per heavy atom. The van der Waals surface area contributed by atoms with Crippen molar-refractivity contribution in [2.75, 3.05) is 25.0 Å². The number of carbonyl (C=O) groups is 1. The fraction of sp³-hybridized carbons (Fsp3) is 0.333. The molecule has 27 heavy (non-hydrogen) atoms. The summed E-state index contributed by atoms with van der Waals surface area (Å²) in [6.45, 7) is -0.0533. The van der Waals surface area contributed by atoms with Crippen LogP contribution in [0.5, 0.6) is 11.6 Å². The highest BCUT2D eigenvalue weighted by Gasteiger charge is 2.28. The number of pyridine rings is 1. The van der Waals surface area contributed by atoms with Gasteiger partial charge in [-0.2, -0.15) is 0 Å². The highest BCUT2D eigenvalue weighted by molar-refractivity contribution is 5.90. The van der Waals surface area contributed by atoms with Crippen LogP contribution in [0.25, 0.3) is 0 Å². The number of aromatic nitrogens is 1. The van der Waals surface area contributed by atoms with Gasteiger partial charge < -0.3 is 19.7 Å². The number of hydrogen-bond donors (Lipinski definition) is 1. The van der Waals surface area contributed by atoms with Gasteiger partial charge in [0.1, 0.15) is 23.4 Å². The van der Waals surface area contributed by atoms with Gasteiger partial charge in [0.25, 0.3) is 6.43 Å². The molecular formula is C18H18F3N3O3. The predicted octanol–water partition coefficient (Wildman–Crippen LogP) is 3.55. The molecule has 1 N–H and O–H groups in total. The number of hydrogen-bond acceptors (Lipinski definition) is 4. The predicted molar refractivity (Wildman–Crippen MR) is 91.8 cm³/mol. The van der Waals surface area contributed by atoms with Crippen LogP contribution in [0.4, 0.5) is 23.7 Å². The average molecular weight is 381 g/mol. The number of ether oxygens (including phenoxy) is 2. The first-order valence-corrected chi connectivity index (χ1v) is 8.35. The van der Waals surface area contributed by atoms with E-state index in [1.807, 2.05) is 0 Å². The van der Waals surface area contributed by atoms with Crippen LogP contribution in [0.2, 0.25) is 0 Å². The summed E-state index contributed by atoms with van der Waals surface area (Å²) in [7, 11) is 0. The number of nitrogens with zero attached hydrogens (tertiary/aromatic N) is 2. The first-order valence-electron chi connectivity index (χ1n) is 8.35. The Kier molecular flexibility index (Phi) is 6.00. The Bertz CT molecular complexity index is 791. The summed E-state index contributed by atoms with van der Waals surface area (Å²) in [6.07, 6.45) is -0.933. The standard InChI is InChI=1S/C18H18F3N3O3/c19-12-3-1-4-13(9-12)27-14-6-8-24(10-14)18(25)23-15-5-2-7-22-17(15)26-11-16(20)21/h1-5,7,9,14,16H,6,8,10-11H2,(H,23,25). The van der Waals surface area contributed by atoms with Crippen LogP contribution in [0.15, 0.2) is 42.6 Å². The smallest absolute Gasteiger partial charge is 0.322 e. The van der Waals surface area contributed by atoms with Gasteiger partial charge in [-0.25, -0.2) is 22.9 Å². The molecule has 3 rings (SSSR count). The highest BCUT2D eigenvalue weighted by Crippen LogP contribution is 2.23. The van der Waals surface area contributed by atoms with Crippen LogP contribution in [-0.2, 0) is 0 Å². The Morgan fingerprint density at radius 2 is 2.19 bits per heavy atom. The van der Waals surface area contributed by atoms with Gasteiger partial charge in [-0.15, -0.1) is 0 Å². The molecule has 0 bridgehead atoms. The third-order valence-corrected chi connectivity index (χ3v) is 3.89. The van der Waals surface area contributed by atoms with E-state index in [0.29, 0.717) is 25.3 Å². The molecule has 2 heterocycles. The summed E-state index contributed by atoms with van der Waals surface area (Å²) in [6, 6.07) is 8.46. The molecule has 1 saturated heterocycles. The molecule has 6 nitrogen and oxygen atoms in total. The molecule has 9 heteroatoms. The lowest BCUT2D eigenvalue weighted by Crippen LogP contribution is -2.34. The average Bonchev–Trinajstić information content (AvgIpc) is 3.09. The number of likely N-dealkylation sites (tertiary alicyclic amines) is 1. The van der Waals surface area contributed by atoms with Crippen molar-refractivity contribution in [3.8, 4) is 11.6 Å². The van der Waals surface area contributed by atoms with E-state index in [1.54, 1.807) is 18.2 Å². The van der Waals surface area contributed by atoms with Crippen molar-refractivity contribution in [2.45, 2.75) is 19.0 Å². The van der Waals surface area contributed by atoms with E-state index in [0.717, 1.165) is 0 Å². The molecule has 0 radical (unpaired) electrons. The summed E-state index contributed by atoms with van der Waals surface area (Å²) in [4.78, 5) is 17.8. The molecule has 0 aliphatic carbocycles. The second-order valence-electron chi connectivity index (χ2n) is 5.92. The van der Waals surface area contributed by atoms with E-state index in [-0.39, 0.29) is 17.7 Å². The van der Waals surface area contributed by atoms with Crippen molar-refractivity contribution in [1.29, 1.82) is 0 Å². The highest BCUT2D eigenvalue weighted by atomic mass is 19.3. The van der Waals surface area contributed by atoms with Crippen LogP contribution in [0.1, 0.15) is 6.42 Å². The summed E-state index contributed by atoms with van der Waals surface area (Å²) in [5, 5.41) is 2.61. The zero-order chi connectivity index (χ0) is 19.2. The SMILES string of the molecule is O=C(Nc1cccnc1OCC(F)F)N1CCC(Oc2cccc(F)c2)C1. The van der Waals surface area contributed by atoms with Gasteiger partial charge in [-0.05, 0) is 24.3 Å². The van der Waals surface area contributed by atoms with Gasteiger partial charge >= 0.3 is 6.03 Å². The minimum absolute atomic E-state index is 0.0714. The van der Waals surface area contributed by atoms with E-state index >= 15 is 0 Å². The molecule has 0 saturated carbocycles. The Balaban J connectivity index is 1.56. The van der Waals surface area contributed by atoms with E-state index in [1.165, 1.54) is 29.3 Å². The number of rotatable bonds is 6. The van der Waals surface area contributed by atoms with E-state index in [4.69, 9.17) is 9.47 Å². The summed E-state index contributed by atoms with van der Waals surface area (Å²) in [5.41, 5.74) is 0.206. The maximum absolute atomic E-state index is 13.2. The number of halogens is 3. The first kappa shape index (κ1) is 18.8. The molecule has 2 amide bonds. The second kappa shape index (κ2) is 8.61.